The molecule has 162 valence electrons. The minimum atomic E-state index is -0.790. The molecule has 1 amide bonds. The van der Waals surface area contributed by atoms with Crippen LogP contribution in [0.5, 0.6) is 5.75 Å². The molecule has 2 rings (SSSR count). The zero-order chi connectivity index (χ0) is 22.4. The third-order valence-electron chi connectivity index (χ3n) is 4.69. The largest absolute Gasteiger partial charge is 0.497 e. The first kappa shape index (κ1) is 23.2. The number of aliphatic hydroxyl groups excluding tert-OH is 1. The number of aromatic nitrogens is 1. The maximum absolute atomic E-state index is 13.1. The Labute approximate surface area is 175 Å². The van der Waals surface area contributed by atoms with Crippen LogP contribution in [0.3, 0.4) is 0 Å². The monoisotopic (exact) mass is 416 g/mol. The van der Waals surface area contributed by atoms with Crippen LogP contribution in [0.1, 0.15) is 47.3 Å². The second-order valence-corrected chi connectivity index (χ2v) is 6.97. The van der Waals surface area contributed by atoms with Crippen molar-refractivity contribution in [1.82, 2.24) is 9.88 Å². The number of Topliss-reactive ketones (excluding diaryl/α,β-unsaturated/α-hetero) is 1. The first-order valence-corrected chi connectivity index (χ1v) is 9.76. The number of aliphatic hydroxyl groups is 1. The van der Waals surface area contributed by atoms with Crippen LogP contribution >= 0.6 is 0 Å². The number of ketones is 1. The van der Waals surface area contributed by atoms with E-state index in [1.165, 1.54) is 12.0 Å². The van der Waals surface area contributed by atoms with E-state index in [-0.39, 0.29) is 37.1 Å². The van der Waals surface area contributed by atoms with Crippen LogP contribution in [0.2, 0.25) is 0 Å². The Morgan fingerprint density at radius 3 is 2.30 bits per heavy atom. The Balaban J connectivity index is 2.63. The molecule has 0 aliphatic rings. The quantitative estimate of drug-likeness (QED) is 0.369. The number of rotatable bonds is 9. The van der Waals surface area contributed by atoms with Crippen LogP contribution in [0.15, 0.2) is 24.3 Å². The molecule has 0 aliphatic carbocycles. The van der Waals surface area contributed by atoms with Gasteiger partial charge in [-0.25, -0.2) is 4.79 Å². The minimum absolute atomic E-state index is 0.00862. The van der Waals surface area contributed by atoms with Crippen LogP contribution in [-0.2, 0) is 9.53 Å². The Hall–Kier alpha value is -3.13. The van der Waals surface area contributed by atoms with Crippen molar-refractivity contribution in [3.05, 3.63) is 41.2 Å². The van der Waals surface area contributed by atoms with Gasteiger partial charge in [-0.1, -0.05) is 12.1 Å². The Bertz CT molecular complexity index is 914. The normalized spacial score (nSPS) is 10.8. The third kappa shape index (κ3) is 4.71. The maximum Gasteiger partial charge on any atom is 0.340 e. The summed E-state index contributed by atoms with van der Waals surface area (Å²) in [7, 11) is 1.54. The molecule has 2 N–H and O–H groups in total. The summed E-state index contributed by atoms with van der Waals surface area (Å²) in [5.41, 5.74) is 1.51. The SMILES string of the molecule is CCOC(=O)c1c(C)[nH]c(C(=O)C(=O)N(CCO)C(C)C)c1-c1ccc(OC)cc1. The predicted molar refractivity (Wildman–Crippen MR) is 112 cm³/mol. The average molecular weight is 416 g/mol. The average Bonchev–Trinajstić information content (AvgIpc) is 3.08. The van der Waals surface area contributed by atoms with E-state index in [0.717, 1.165) is 0 Å². The number of methoxy groups -OCH3 is 1. The summed E-state index contributed by atoms with van der Waals surface area (Å²) >= 11 is 0. The smallest absolute Gasteiger partial charge is 0.340 e. The molecule has 30 heavy (non-hydrogen) atoms. The van der Waals surface area contributed by atoms with E-state index in [1.807, 2.05) is 0 Å². The molecular weight excluding hydrogens is 388 g/mol. The van der Waals surface area contributed by atoms with Crippen LogP contribution in [0.25, 0.3) is 11.1 Å². The highest BCUT2D eigenvalue weighted by molar-refractivity contribution is 6.43. The van der Waals surface area contributed by atoms with Crippen molar-refractivity contribution >= 4 is 17.7 Å². The molecule has 0 spiro atoms. The fraction of sp³-hybridized carbons (Fsp3) is 0.409. The maximum atomic E-state index is 13.1. The summed E-state index contributed by atoms with van der Waals surface area (Å²) in [6, 6.07) is 6.54. The van der Waals surface area contributed by atoms with E-state index >= 15 is 0 Å². The highest BCUT2D eigenvalue weighted by Gasteiger charge is 2.32. The standard InChI is InChI=1S/C22H28N2O6/c1-6-30-22(28)17-14(4)23-19(18(17)15-7-9-16(29-5)10-8-15)20(26)21(27)24(11-12-25)13(2)3/h7-10,13,23,25H,6,11-12H2,1-5H3. The first-order chi connectivity index (χ1) is 14.3. The number of H-pyrrole nitrogens is 1. The number of hydrogen-bond donors (Lipinski definition) is 2. The van der Waals surface area contributed by atoms with E-state index in [0.29, 0.717) is 22.6 Å². The lowest BCUT2D eigenvalue weighted by Gasteiger charge is -2.25. The molecule has 0 aliphatic heterocycles. The predicted octanol–water partition coefficient (Wildman–Crippen LogP) is 2.59. The van der Waals surface area contributed by atoms with Gasteiger partial charge in [-0.2, -0.15) is 0 Å². The number of carbonyl (C=O) groups is 3. The second kappa shape index (κ2) is 10.1. The van der Waals surface area contributed by atoms with Crippen molar-refractivity contribution in [2.24, 2.45) is 0 Å². The van der Waals surface area contributed by atoms with Crippen molar-refractivity contribution in [1.29, 1.82) is 0 Å². The van der Waals surface area contributed by atoms with Crippen molar-refractivity contribution < 1.29 is 29.0 Å². The summed E-state index contributed by atoms with van der Waals surface area (Å²) in [5, 5.41) is 9.26. The third-order valence-corrected chi connectivity index (χ3v) is 4.69. The molecule has 8 nitrogen and oxygen atoms in total. The number of aromatic amines is 1. The van der Waals surface area contributed by atoms with Gasteiger partial charge in [0.25, 0.3) is 11.7 Å². The molecule has 2 aromatic rings. The zero-order valence-corrected chi connectivity index (χ0v) is 17.9. The number of nitrogens with zero attached hydrogens (tertiary/aromatic N) is 1. The van der Waals surface area contributed by atoms with Gasteiger partial charge in [0.1, 0.15) is 11.4 Å². The molecule has 0 atom stereocenters. The molecule has 0 saturated carbocycles. The number of nitrogens with one attached hydrogen (secondary N) is 1. The number of amides is 1. The summed E-state index contributed by atoms with van der Waals surface area (Å²) < 4.78 is 10.3. The Morgan fingerprint density at radius 2 is 1.80 bits per heavy atom. The van der Waals surface area contributed by atoms with Crippen molar-refractivity contribution in [2.75, 3.05) is 26.9 Å². The van der Waals surface area contributed by atoms with E-state index in [4.69, 9.17) is 9.47 Å². The van der Waals surface area contributed by atoms with Crippen LogP contribution < -0.4 is 4.74 Å². The molecule has 0 bridgehead atoms. The van der Waals surface area contributed by atoms with Gasteiger partial charge in [-0.05, 0) is 45.4 Å². The lowest BCUT2D eigenvalue weighted by atomic mass is 9.98. The molecule has 1 heterocycles. The number of carbonyl (C=O) groups excluding carboxylic acids is 3. The fourth-order valence-corrected chi connectivity index (χ4v) is 3.24. The van der Waals surface area contributed by atoms with E-state index < -0.39 is 17.7 Å². The highest BCUT2D eigenvalue weighted by atomic mass is 16.5. The highest BCUT2D eigenvalue weighted by Crippen LogP contribution is 2.33. The van der Waals surface area contributed by atoms with Gasteiger partial charge in [0.15, 0.2) is 0 Å². The number of benzene rings is 1. The molecule has 0 saturated heterocycles. The van der Waals surface area contributed by atoms with Gasteiger partial charge in [0.05, 0.1) is 25.9 Å². The van der Waals surface area contributed by atoms with Crippen molar-refractivity contribution in [2.45, 2.75) is 33.7 Å². The molecular formula is C22H28N2O6. The van der Waals surface area contributed by atoms with Crippen LogP contribution in [-0.4, -0.2) is 65.6 Å². The van der Waals surface area contributed by atoms with Gasteiger partial charge >= 0.3 is 5.97 Å². The Morgan fingerprint density at radius 1 is 1.17 bits per heavy atom. The van der Waals surface area contributed by atoms with E-state index in [9.17, 15) is 19.5 Å². The lowest BCUT2D eigenvalue weighted by Crippen LogP contribution is -2.43. The fourth-order valence-electron chi connectivity index (χ4n) is 3.24. The molecule has 0 radical (unpaired) electrons. The summed E-state index contributed by atoms with van der Waals surface area (Å²) in [5.74, 6) is -1.52. The van der Waals surface area contributed by atoms with Gasteiger partial charge in [-0.3, -0.25) is 9.59 Å². The van der Waals surface area contributed by atoms with Crippen molar-refractivity contribution in [3.63, 3.8) is 0 Å². The van der Waals surface area contributed by atoms with Crippen LogP contribution in [0, 0.1) is 6.92 Å². The first-order valence-electron chi connectivity index (χ1n) is 9.76. The summed E-state index contributed by atoms with van der Waals surface area (Å²) in [4.78, 5) is 42.9. The van der Waals surface area contributed by atoms with E-state index in [1.54, 1.807) is 52.0 Å². The van der Waals surface area contributed by atoms with Gasteiger partial charge in [0, 0.05) is 23.8 Å². The van der Waals surface area contributed by atoms with Crippen LogP contribution in [0.4, 0.5) is 0 Å². The molecule has 8 heteroatoms. The topological polar surface area (TPSA) is 109 Å². The van der Waals surface area contributed by atoms with Gasteiger partial charge in [-0.15, -0.1) is 0 Å². The minimum Gasteiger partial charge on any atom is -0.497 e. The molecule has 0 unspecified atom stereocenters. The van der Waals surface area contributed by atoms with Gasteiger partial charge < -0.3 is 24.5 Å². The summed E-state index contributed by atoms with van der Waals surface area (Å²) in [6.07, 6.45) is 0. The van der Waals surface area contributed by atoms with Gasteiger partial charge in [0.2, 0.25) is 0 Å². The number of aryl methyl sites for hydroxylation is 1. The lowest BCUT2D eigenvalue weighted by molar-refractivity contribution is -0.128. The second-order valence-electron chi connectivity index (χ2n) is 6.97. The number of ether oxygens (including phenoxy) is 2. The Kier molecular flexibility index (Phi) is 7.77. The molecule has 1 aromatic heterocycles. The molecule has 0 fully saturated rings. The summed E-state index contributed by atoms with van der Waals surface area (Å²) in [6.45, 7) is 6.80. The van der Waals surface area contributed by atoms with Crippen molar-refractivity contribution in [3.8, 4) is 16.9 Å². The zero-order valence-electron chi connectivity index (χ0n) is 17.9. The van der Waals surface area contributed by atoms with E-state index in [2.05, 4.69) is 4.98 Å². The number of esters is 1. The molecule has 1 aromatic carbocycles. The number of hydrogen-bond acceptors (Lipinski definition) is 6.